The van der Waals surface area contributed by atoms with Gasteiger partial charge in [-0.25, -0.2) is 4.79 Å². The maximum Gasteiger partial charge on any atom is 0.338 e. The van der Waals surface area contributed by atoms with Crippen molar-refractivity contribution in [3.63, 3.8) is 0 Å². The summed E-state index contributed by atoms with van der Waals surface area (Å²) in [5.74, 6) is 0.174. The maximum atomic E-state index is 12.3. The second-order valence-electron chi connectivity index (χ2n) is 6.94. The highest BCUT2D eigenvalue weighted by molar-refractivity contribution is 5.93. The number of ether oxygens (including phenoxy) is 3. The van der Waals surface area contributed by atoms with E-state index < -0.39 is 18.0 Å². The maximum absolute atomic E-state index is 12.3. The first-order valence-corrected chi connectivity index (χ1v) is 10.1. The molecule has 0 fully saturated rings. The van der Waals surface area contributed by atoms with Crippen LogP contribution in [-0.4, -0.2) is 37.6 Å². The van der Waals surface area contributed by atoms with Gasteiger partial charge in [-0.15, -0.1) is 0 Å². The van der Waals surface area contributed by atoms with Gasteiger partial charge >= 0.3 is 5.97 Å². The van der Waals surface area contributed by atoms with Gasteiger partial charge in [-0.3, -0.25) is 9.59 Å². The van der Waals surface area contributed by atoms with Gasteiger partial charge in [0.15, 0.2) is 12.7 Å². The first-order chi connectivity index (χ1) is 15.9. The molecular weight excluding hydrogens is 428 g/mol. The smallest absolute Gasteiger partial charge is 0.338 e. The monoisotopic (exact) mass is 452 g/mol. The molecular formula is C24H24N2O7. The fourth-order valence-corrected chi connectivity index (χ4v) is 2.75. The van der Waals surface area contributed by atoms with Gasteiger partial charge in [-0.2, -0.15) is 0 Å². The molecule has 9 nitrogen and oxygen atoms in total. The first kappa shape index (κ1) is 23.4. The minimum absolute atomic E-state index is 0.200. The number of rotatable bonds is 10. The van der Waals surface area contributed by atoms with E-state index in [1.165, 1.54) is 37.5 Å². The number of carbonyl (C=O) groups excluding carboxylic acids is 3. The van der Waals surface area contributed by atoms with E-state index in [4.69, 9.17) is 18.6 Å². The van der Waals surface area contributed by atoms with Crippen LogP contribution in [0.2, 0.25) is 0 Å². The van der Waals surface area contributed by atoms with Gasteiger partial charge in [-0.05, 0) is 55.5 Å². The number of carbonyl (C=O) groups is 3. The molecule has 3 aromatic rings. The molecule has 3 rings (SSSR count). The van der Waals surface area contributed by atoms with Crippen molar-refractivity contribution in [2.75, 3.05) is 19.0 Å². The Hall–Kier alpha value is -4.27. The van der Waals surface area contributed by atoms with Crippen LogP contribution in [-0.2, 0) is 20.9 Å². The number of hydrogen-bond donors (Lipinski definition) is 2. The SMILES string of the molecule is COc1cccc(NC(=O)COc2ccc(C(=O)OC(C)C(=O)NCc3ccco3)cc2)c1. The zero-order valence-corrected chi connectivity index (χ0v) is 18.2. The molecule has 0 radical (unpaired) electrons. The first-order valence-electron chi connectivity index (χ1n) is 10.1. The zero-order chi connectivity index (χ0) is 23.6. The fraction of sp³-hybridized carbons (Fsp3) is 0.208. The Labute approximate surface area is 190 Å². The predicted molar refractivity (Wildman–Crippen MR) is 119 cm³/mol. The zero-order valence-electron chi connectivity index (χ0n) is 18.2. The van der Waals surface area contributed by atoms with E-state index in [2.05, 4.69) is 10.6 Å². The molecule has 1 aromatic heterocycles. The van der Waals surface area contributed by atoms with Gasteiger partial charge in [0.05, 0.1) is 25.5 Å². The average Bonchev–Trinajstić information content (AvgIpc) is 3.35. The van der Waals surface area contributed by atoms with Crippen LogP contribution in [0.15, 0.2) is 71.3 Å². The molecule has 2 aromatic carbocycles. The van der Waals surface area contributed by atoms with Crippen LogP contribution in [0.3, 0.4) is 0 Å². The standard InChI is InChI=1S/C24H24N2O7/c1-16(23(28)25-14-21-7-4-12-31-21)33-24(29)17-8-10-19(11-9-17)32-15-22(27)26-18-5-3-6-20(13-18)30-2/h3-13,16H,14-15H2,1-2H3,(H,25,28)(H,26,27). The number of benzene rings is 2. The Kier molecular flexibility index (Phi) is 8.07. The Morgan fingerprint density at radius 3 is 2.48 bits per heavy atom. The summed E-state index contributed by atoms with van der Waals surface area (Å²) in [7, 11) is 1.54. The number of furan rings is 1. The molecule has 0 bridgehead atoms. The van der Waals surface area contributed by atoms with Crippen LogP contribution in [0.5, 0.6) is 11.5 Å². The highest BCUT2D eigenvalue weighted by Gasteiger charge is 2.19. The van der Waals surface area contributed by atoms with Crippen molar-refractivity contribution in [3.8, 4) is 11.5 Å². The largest absolute Gasteiger partial charge is 0.497 e. The predicted octanol–water partition coefficient (Wildman–Crippen LogP) is 3.17. The summed E-state index contributed by atoms with van der Waals surface area (Å²) in [5.41, 5.74) is 0.831. The van der Waals surface area contributed by atoms with Crippen molar-refractivity contribution in [1.82, 2.24) is 5.32 Å². The summed E-state index contributed by atoms with van der Waals surface area (Å²) in [6.07, 6.45) is 0.523. The molecule has 0 aliphatic carbocycles. The van der Waals surface area contributed by atoms with E-state index in [1.54, 1.807) is 43.5 Å². The minimum Gasteiger partial charge on any atom is -0.497 e. The fourth-order valence-electron chi connectivity index (χ4n) is 2.75. The highest BCUT2D eigenvalue weighted by Crippen LogP contribution is 2.17. The van der Waals surface area contributed by atoms with Crippen LogP contribution >= 0.6 is 0 Å². The van der Waals surface area contributed by atoms with Gasteiger partial charge < -0.3 is 29.3 Å². The number of hydrogen-bond acceptors (Lipinski definition) is 7. The lowest BCUT2D eigenvalue weighted by Crippen LogP contribution is -2.35. The van der Waals surface area contributed by atoms with Crippen molar-refractivity contribution >= 4 is 23.5 Å². The molecule has 33 heavy (non-hydrogen) atoms. The van der Waals surface area contributed by atoms with E-state index in [-0.39, 0.29) is 24.6 Å². The quantitative estimate of drug-likeness (QED) is 0.454. The summed E-state index contributed by atoms with van der Waals surface area (Å²) >= 11 is 0. The third-order valence-electron chi connectivity index (χ3n) is 4.48. The van der Waals surface area contributed by atoms with Gasteiger partial charge in [0.2, 0.25) is 0 Å². The van der Waals surface area contributed by atoms with Crippen LogP contribution in [0.25, 0.3) is 0 Å². The molecule has 9 heteroatoms. The van der Waals surface area contributed by atoms with Gasteiger partial charge in [-0.1, -0.05) is 6.07 Å². The van der Waals surface area contributed by atoms with E-state index in [1.807, 2.05) is 0 Å². The molecule has 0 saturated heterocycles. The summed E-state index contributed by atoms with van der Waals surface area (Å²) < 4.78 is 20.9. The number of methoxy groups -OCH3 is 1. The molecule has 2 amide bonds. The summed E-state index contributed by atoms with van der Waals surface area (Å²) in [6.45, 7) is 1.47. The molecule has 1 heterocycles. The van der Waals surface area contributed by atoms with E-state index in [0.29, 0.717) is 22.9 Å². The van der Waals surface area contributed by atoms with Crippen molar-refractivity contribution in [1.29, 1.82) is 0 Å². The van der Waals surface area contributed by atoms with Gasteiger partial charge in [0.25, 0.3) is 11.8 Å². The Morgan fingerprint density at radius 2 is 1.79 bits per heavy atom. The minimum atomic E-state index is -0.983. The van der Waals surface area contributed by atoms with Gasteiger partial charge in [0.1, 0.15) is 17.3 Å². The highest BCUT2D eigenvalue weighted by atomic mass is 16.5. The molecule has 1 unspecified atom stereocenters. The molecule has 0 saturated carbocycles. The number of amides is 2. The Morgan fingerprint density at radius 1 is 1.00 bits per heavy atom. The lowest BCUT2D eigenvalue weighted by atomic mass is 10.2. The van der Waals surface area contributed by atoms with Crippen molar-refractivity contribution in [2.24, 2.45) is 0 Å². The molecule has 0 spiro atoms. The van der Waals surface area contributed by atoms with Crippen molar-refractivity contribution < 1.29 is 33.0 Å². The number of nitrogens with one attached hydrogen (secondary N) is 2. The van der Waals surface area contributed by atoms with E-state index in [9.17, 15) is 14.4 Å². The molecule has 2 N–H and O–H groups in total. The molecule has 0 aliphatic heterocycles. The number of esters is 1. The van der Waals surface area contributed by atoms with Gasteiger partial charge in [0, 0.05) is 11.8 Å². The van der Waals surface area contributed by atoms with E-state index >= 15 is 0 Å². The van der Waals surface area contributed by atoms with Crippen LogP contribution in [0, 0.1) is 0 Å². The van der Waals surface area contributed by atoms with Crippen LogP contribution in [0.1, 0.15) is 23.0 Å². The lowest BCUT2D eigenvalue weighted by Gasteiger charge is -2.13. The van der Waals surface area contributed by atoms with Crippen molar-refractivity contribution in [2.45, 2.75) is 19.6 Å². The average molecular weight is 452 g/mol. The van der Waals surface area contributed by atoms with Crippen LogP contribution < -0.4 is 20.1 Å². The second-order valence-corrected chi connectivity index (χ2v) is 6.94. The summed E-state index contributed by atoms with van der Waals surface area (Å²) in [4.78, 5) is 36.4. The third kappa shape index (κ3) is 7.13. The number of anilines is 1. The van der Waals surface area contributed by atoms with E-state index in [0.717, 1.165) is 0 Å². The lowest BCUT2D eigenvalue weighted by molar-refractivity contribution is -0.129. The Balaban J connectivity index is 1.44. The van der Waals surface area contributed by atoms with Crippen LogP contribution in [0.4, 0.5) is 5.69 Å². The second kappa shape index (κ2) is 11.4. The molecule has 1 atom stereocenters. The normalized spacial score (nSPS) is 11.2. The third-order valence-corrected chi connectivity index (χ3v) is 4.48. The summed E-state index contributed by atoms with van der Waals surface area (Å²) in [5, 5.41) is 5.33. The topological polar surface area (TPSA) is 116 Å². The Bertz CT molecular complexity index is 1080. The van der Waals surface area contributed by atoms with Crippen molar-refractivity contribution in [3.05, 3.63) is 78.3 Å². The molecule has 172 valence electrons. The summed E-state index contributed by atoms with van der Waals surface area (Å²) in [6, 6.07) is 16.5. The molecule has 0 aliphatic rings.